The van der Waals surface area contributed by atoms with Crippen molar-refractivity contribution >= 4 is 11.6 Å². The quantitative estimate of drug-likeness (QED) is 0.610. The van der Waals surface area contributed by atoms with Crippen LogP contribution in [0.1, 0.15) is 5.76 Å². The minimum absolute atomic E-state index is 0.237. The van der Waals surface area contributed by atoms with Crippen LogP contribution in [0.5, 0.6) is 0 Å². The van der Waals surface area contributed by atoms with Gasteiger partial charge in [0.25, 0.3) is 0 Å². The lowest BCUT2D eigenvalue weighted by Gasteiger charge is -2.00. The zero-order valence-corrected chi connectivity index (χ0v) is 12.1. The predicted octanol–water partition coefficient (Wildman–Crippen LogP) is 0.219. The van der Waals surface area contributed by atoms with Crippen molar-refractivity contribution in [3.63, 3.8) is 0 Å². The van der Waals surface area contributed by atoms with Crippen LogP contribution < -0.4 is 10.6 Å². The summed E-state index contributed by atoms with van der Waals surface area (Å²) in [6.07, 6.45) is 0. The lowest BCUT2D eigenvalue weighted by atomic mass is 10.2. The van der Waals surface area contributed by atoms with Crippen molar-refractivity contribution in [1.29, 1.82) is 0 Å². The minimum Gasteiger partial charge on any atom is -0.455 e. The molecule has 4 nitrogen and oxygen atoms in total. The summed E-state index contributed by atoms with van der Waals surface area (Å²) in [5.74, 6) is 1.81. The van der Waals surface area contributed by atoms with E-state index in [4.69, 9.17) is 21.1 Å². The molecule has 0 unspecified atom stereocenters. The Balaban J connectivity index is 1.80. The number of hydrogen-bond acceptors (Lipinski definition) is 2. The number of hydrogen-bond donors (Lipinski definition) is 3. The van der Waals surface area contributed by atoms with E-state index in [1.807, 2.05) is 36.4 Å². The number of nitrogens with two attached hydrogens (primary N) is 2. The van der Waals surface area contributed by atoms with E-state index in [0.717, 1.165) is 43.3 Å². The number of furan rings is 1. The van der Waals surface area contributed by atoms with E-state index in [1.54, 1.807) is 0 Å². The Morgan fingerprint density at radius 3 is 2.70 bits per heavy atom. The number of benzene rings is 1. The molecule has 1 aromatic heterocycles. The summed E-state index contributed by atoms with van der Waals surface area (Å²) in [6, 6.07) is 11.6. The molecule has 1 heterocycles. The van der Waals surface area contributed by atoms with E-state index in [2.05, 4.69) is 10.6 Å². The predicted molar refractivity (Wildman–Crippen MR) is 78.4 cm³/mol. The summed E-state index contributed by atoms with van der Waals surface area (Å²) in [7, 11) is 0. The normalized spacial score (nSPS) is 10.9. The van der Waals surface area contributed by atoms with Crippen molar-refractivity contribution in [3.05, 3.63) is 47.2 Å². The van der Waals surface area contributed by atoms with Crippen molar-refractivity contribution in [2.75, 3.05) is 26.2 Å². The second kappa shape index (κ2) is 8.07. The van der Waals surface area contributed by atoms with Gasteiger partial charge in [-0.05, 0) is 24.3 Å². The SMILES string of the molecule is OCC[NH2+]CC[NH2+]Cc1ccc(-c2cccc(Cl)c2)o1. The molecule has 0 aliphatic heterocycles. The lowest BCUT2D eigenvalue weighted by molar-refractivity contribution is -0.732. The second-order valence-electron chi connectivity index (χ2n) is 4.65. The van der Waals surface area contributed by atoms with E-state index in [-0.39, 0.29) is 6.61 Å². The summed E-state index contributed by atoms with van der Waals surface area (Å²) < 4.78 is 5.81. The van der Waals surface area contributed by atoms with Gasteiger partial charge in [-0.2, -0.15) is 0 Å². The van der Waals surface area contributed by atoms with E-state index >= 15 is 0 Å². The molecule has 1 aromatic carbocycles. The number of quaternary nitrogens is 2. The molecule has 108 valence electrons. The number of halogens is 1. The molecule has 20 heavy (non-hydrogen) atoms. The third kappa shape index (κ3) is 4.65. The summed E-state index contributed by atoms with van der Waals surface area (Å²) in [5, 5.41) is 13.7. The highest BCUT2D eigenvalue weighted by Crippen LogP contribution is 2.24. The van der Waals surface area contributed by atoms with Crippen LogP contribution in [-0.2, 0) is 6.54 Å². The zero-order chi connectivity index (χ0) is 14.2. The maximum atomic E-state index is 8.67. The molecular formula is C15H21ClN2O2+2. The first kappa shape index (κ1) is 15.1. The van der Waals surface area contributed by atoms with Gasteiger partial charge in [-0.3, -0.25) is 0 Å². The molecule has 0 atom stereocenters. The van der Waals surface area contributed by atoms with Crippen LogP contribution in [0.2, 0.25) is 5.02 Å². The summed E-state index contributed by atoms with van der Waals surface area (Å²) in [5.41, 5.74) is 1.00. The fourth-order valence-corrected chi connectivity index (χ4v) is 2.19. The molecule has 2 aromatic rings. The topological polar surface area (TPSA) is 66.6 Å². The molecule has 0 saturated carbocycles. The Hall–Kier alpha value is -1.33. The van der Waals surface area contributed by atoms with Crippen LogP contribution in [0.4, 0.5) is 0 Å². The minimum atomic E-state index is 0.237. The van der Waals surface area contributed by atoms with Crippen LogP contribution >= 0.6 is 11.6 Å². The van der Waals surface area contributed by atoms with Gasteiger partial charge in [-0.15, -0.1) is 0 Å². The third-order valence-electron chi connectivity index (χ3n) is 3.02. The summed E-state index contributed by atoms with van der Waals surface area (Å²) in [4.78, 5) is 0. The van der Waals surface area contributed by atoms with Crippen LogP contribution in [0.25, 0.3) is 11.3 Å². The highest BCUT2D eigenvalue weighted by atomic mass is 35.5. The van der Waals surface area contributed by atoms with Crippen LogP contribution in [0.15, 0.2) is 40.8 Å². The monoisotopic (exact) mass is 296 g/mol. The molecule has 0 bridgehead atoms. The van der Waals surface area contributed by atoms with Gasteiger partial charge in [0.1, 0.15) is 25.4 Å². The van der Waals surface area contributed by atoms with Gasteiger partial charge in [0.15, 0.2) is 5.76 Å². The first-order valence-corrected chi connectivity index (χ1v) is 7.26. The summed E-state index contributed by atoms with van der Waals surface area (Å²) >= 11 is 5.98. The van der Waals surface area contributed by atoms with Crippen molar-refractivity contribution in [1.82, 2.24) is 0 Å². The number of rotatable bonds is 8. The van der Waals surface area contributed by atoms with Crippen molar-refractivity contribution < 1.29 is 20.2 Å². The molecule has 0 fully saturated rings. The molecule has 0 aliphatic carbocycles. The smallest absolute Gasteiger partial charge is 0.158 e. The van der Waals surface area contributed by atoms with Gasteiger partial charge < -0.3 is 20.2 Å². The van der Waals surface area contributed by atoms with Crippen LogP contribution in [-0.4, -0.2) is 31.3 Å². The Bertz CT molecular complexity index is 528. The Kier molecular flexibility index (Phi) is 6.08. The second-order valence-corrected chi connectivity index (χ2v) is 5.08. The molecule has 5 heteroatoms. The molecule has 0 radical (unpaired) electrons. The maximum absolute atomic E-state index is 8.67. The average molecular weight is 297 g/mol. The Morgan fingerprint density at radius 2 is 1.90 bits per heavy atom. The van der Waals surface area contributed by atoms with Crippen LogP contribution in [0.3, 0.4) is 0 Å². The van der Waals surface area contributed by atoms with Crippen molar-refractivity contribution in [3.8, 4) is 11.3 Å². The van der Waals surface area contributed by atoms with Crippen LogP contribution in [0, 0.1) is 0 Å². The maximum Gasteiger partial charge on any atom is 0.158 e. The van der Waals surface area contributed by atoms with Gasteiger partial charge in [0, 0.05) is 10.6 Å². The molecule has 0 saturated heterocycles. The molecule has 5 N–H and O–H groups in total. The van der Waals surface area contributed by atoms with Crippen molar-refractivity contribution in [2.45, 2.75) is 6.54 Å². The molecule has 0 amide bonds. The summed E-state index contributed by atoms with van der Waals surface area (Å²) in [6.45, 7) is 3.85. The zero-order valence-electron chi connectivity index (χ0n) is 11.4. The van der Waals surface area contributed by atoms with Gasteiger partial charge in [0.2, 0.25) is 0 Å². The van der Waals surface area contributed by atoms with E-state index in [0.29, 0.717) is 5.02 Å². The van der Waals surface area contributed by atoms with Gasteiger partial charge in [0.05, 0.1) is 13.2 Å². The van der Waals surface area contributed by atoms with Crippen molar-refractivity contribution in [2.24, 2.45) is 0 Å². The lowest BCUT2D eigenvalue weighted by Crippen LogP contribution is -2.94. The Morgan fingerprint density at radius 1 is 1.05 bits per heavy atom. The average Bonchev–Trinajstić information content (AvgIpc) is 2.91. The largest absolute Gasteiger partial charge is 0.455 e. The van der Waals surface area contributed by atoms with Gasteiger partial charge in [-0.1, -0.05) is 23.7 Å². The first-order chi connectivity index (χ1) is 9.79. The van der Waals surface area contributed by atoms with Gasteiger partial charge in [-0.25, -0.2) is 0 Å². The molecule has 0 aliphatic rings. The fourth-order valence-electron chi connectivity index (χ4n) is 2.00. The molecule has 2 rings (SSSR count). The standard InChI is InChI=1S/C15H19ClN2O2/c16-13-3-1-2-12(10-13)15-5-4-14(20-15)11-18-7-6-17-8-9-19/h1-5,10,17-19H,6-9,11H2/p+2. The molecule has 0 spiro atoms. The number of aliphatic hydroxyl groups excluding tert-OH is 1. The fraction of sp³-hybridized carbons (Fsp3) is 0.333. The highest BCUT2D eigenvalue weighted by molar-refractivity contribution is 6.30. The molecular weight excluding hydrogens is 276 g/mol. The Labute approximate surface area is 123 Å². The number of aliphatic hydroxyl groups is 1. The third-order valence-corrected chi connectivity index (χ3v) is 3.26. The van der Waals surface area contributed by atoms with E-state index in [1.165, 1.54) is 0 Å². The highest BCUT2D eigenvalue weighted by Gasteiger charge is 2.06. The van der Waals surface area contributed by atoms with E-state index < -0.39 is 0 Å². The van der Waals surface area contributed by atoms with Gasteiger partial charge >= 0.3 is 0 Å². The van der Waals surface area contributed by atoms with E-state index in [9.17, 15) is 0 Å². The first-order valence-electron chi connectivity index (χ1n) is 6.88.